The van der Waals surface area contributed by atoms with Crippen molar-refractivity contribution >= 4 is 16.8 Å². The molecule has 17 heavy (non-hydrogen) atoms. The summed E-state index contributed by atoms with van der Waals surface area (Å²) in [6.45, 7) is 0. The Labute approximate surface area is 100 Å². The Bertz CT molecular complexity index is 544. The molecular weight excluding hydrogens is 212 g/mol. The number of para-hydroxylation sites is 1. The van der Waals surface area contributed by atoms with Crippen LogP contribution in [0.25, 0.3) is 10.9 Å². The van der Waals surface area contributed by atoms with Crippen LogP contribution in [0.3, 0.4) is 0 Å². The summed E-state index contributed by atoms with van der Waals surface area (Å²) >= 11 is 0. The molecule has 1 amide bonds. The molecule has 1 aromatic heterocycles. The fourth-order valence-electron chi connectivity index (χ4n) is 2.60. The average Bonchev–Trinajstić information content (AvgIpc) is 2.73. The predicted molar refractivity (Wildman–Crippen MR) is 67.8 cm³/mol. The molecule has 1 fully saturated rings. The molecule has 1 atom stereocenters. The van der Waals surface area contributed by atoms with Crippen molar-refractivity contribution < 1.29 is 4.79 Å². The number of fused-ring (bicyclic) bond motifs is 1. The van der Waals surface area contributed by atoms with E-state index in [2.05, 4.69) is 34.7 Å². The number of carbonyl (C=O) groups excluding carboxylic acids is 1. The zero-order valence-corrected chi connectivity index (χ0v) is 9.70. The number of amides is 1. The smallest absolute Gasteiger partial charge is 0.220 e. The maximum atomic E-state index is 11.3. The van der Waals surface area contributed by atoms with Crippen LogP contribution in [0.15, 0.2) is 30.5 Å². The van der Waals surface area contributed by atoms with Crippen LogP contribution in [0.1, 0.15) is 24.8 Å². The van der Waals surface area contributed by atoms with Crippen molar-refractivity contribution in [1.29, 1.82) is 0 Å². The van der Waals surface area contributed by atoms with Crippen LogP contribution in [0.2, 0.25) is 0 Å². The Morgan fingerprint density at radius 3 is 3.06 bits per heavy atom. The standard InChI is InChI=1S/C14H16N2O/c17-14-7-3-4-11(16-14)8-10-9-15-13-6-2-1-5-12(10)13/h1-2,5-6,9,11,15H,3-4,7-8H2,(H,16,17). The Hall–Kier alpha value is -1.77. The van der Waals surface area contributed by atoms with Crippen LogP contribution in [0.4, 0.5) is 0 Å². The van der Waals surface area contributed by atoms with Gasteiger partial charge in [0, 0.05) is 29.6 Å². The van der Waals surface area contributed by atoms with Gasteiger partial charge >= 0.3 is 0 Å². The van der Waals surface area contributed by atoms with E-state index in [0.717, 1.165) is 19.3 Å². The van der Waals surface area contributed by atoms with E-state index in [1.54, 1.807) is 0 Å². The Balaban J connectivity index is 1.82. The van der Waals surface area contributed by atoms with Crippen molar-refractivity contribution in [2.24, 2.45) is 0 Å². The number of H-pyrrole nitrogens is 1. The van der Waals surface area contributed by atoms with E-state index in [-0.39, 0.29) is 5.91 Å². The topological polar surface area (TPSA) is 44.9 Å². The number of aromatic nitrogens is 1. The average molecular weight is 228 g/mol. The molecule has 3 heteroatoms. The summed E-state index contributed by atoms with van der Waals surface area (Å²) in [5.41, 5.74) is 2.47. The van der Waals surface area contributed by atoms with Gasteiger partial charge in [-0.1, -0.05) is 18.2 Å². The highest BCUT2D eigenvalue weighted by Crippen LogP contribution is 2.21. The van der Waals surface area contributed by atoms with E-state index >= 15 is 0 Å². The summed E-state index contributed by atoms with van der Waals surface area (Å²) in [6.07, 6.45) is 5.77. The number of carbonyl (C=O) groups is 1. The molecule has 1 aromatic carbocycles. The number of hydrogen-bond acceptors (Lipinski definition) is 1. The van der Waals surface area contributed by atoms with E-state index in [1.165, 1.54) is 16.5 Å². The molecule has 1 saturated heterocycles. The van der Waals surface area contributed by atoms with Gasteiger partial charge in [0.05, 0.1) is 0 Å². The summed E-state index contributed by atoms with van der Waals surface area (Å²) < 4.78 is 0. The summed E-state index contributed by atoms with van der Waals surface area (Å²) in [7, 11) is 0. The lowest BCUT2D eigenvalue weighted by Crippen LogP contribution is -2.39. The lowest BCUT2D eigenvalue weighted by atomic mass is 9.97. The van der Waals surface area contributed by atoms with Crippen LogP contribution in [0, 0.1) is 0 Å². The second-order valence-electron chi connectivity index (χ2n) is 4.72. The first kappa shape index (κ1) is 10.4. The van der Waals surface area contributed by atoms with Gasteiger partial charge in [0.2, 0.25) is 5.91 Å². The predicted octanol–water partition coefficient (Wildman–Crippen LogP) is 2.38. The van der Waals surface area contributed by atoms with E-state index in [0.29, 0.717) is 12.5 Å². The first-order chi connectivity index (χ1) is 8.33. The van der Waals surface area contributed by atoms with Crippen LogP contribution in [-0.4, -0.2) is 16.9 Å². The SMILES string of the molecule is O=C1CCCC(Cc2c[nH]c3ccccc23)N1. The summed E-state index contributed by atoms with van der Waals surface area (Å²) in [6, 6.07) is 8.60. The summed E-state index contributed by atoms with van der Waals surface area (Å²) in [4.78, 5) is 14.6. The van der Waals surface area contributed by atoms with Gasteiger partial charge in [-0.25, -0.2) is 0 Å². The molecule has 0 aliphatic carbocycles. The molecule has 2 heterocycles. The molecule has 0 spiro atoms. The van der Waals surface area contributed by atoms with Crippen LogP contribution in [-0.2, 0) is 11.2 Å². The van der Waals surface area contributed by atoms with Gasteiger partial charge in [-0.15, -0.1) is 0 Å². The largest absolute Gasteiger partial charge is 0.361 e. The minimum atomic E-state index is 0.195. The van der Waals surface area contributed by atoms with Crippen molar-refractivity contribution in [1.82, 2.24) is 10.3 Å². The molecule has 88 valence electrons. The first-order valence-electron chi connectivity index (χ1n) is 6.17. The zero-order chi connectivity index (χ0) is 11.7. The quantitative estimate of drug-likeness (QED) is 0.814. The second kappa shape index (κ2) is 4.24. The van der Waals surface area contributed by atoms with Gasteiger partial charge in [-0.3, -0.25) is 4.79 Å². The molecule has 2 N–H and O–H groups in total. The minimum absolute atomic E-state index is 0.195. The summed E-state index contributed by atoms with van der Waals surface area (Å²) in [5.74, 6) is 0.195. The third-order valence-corrected chi connectivity index (χ3v) is 3.46. The van der Waals surface area contributed by atoms with Crippen LogP contribution >= 0.6 is 0 Å². The molecule has 2 aromatic rings. The summed E-state index contributed by atoms with van der Waals surface area (Å²) in [5, 5.41) is 4.34. The van der Waals surface area contributed by atoms with Crippen molar-refractivity contribution in [3.8, 4) is 0 Å². The lowest BCUT2D eigenvalue weighted by molar-refractivity contribution is -0.123. The Kier molecular flexibility index (Phi) is 2.59. The molecule has 0 saturated carbocycles. The molecule has 1 aliphatic heterocycles. The number of rotatable bonds is 2. The lowest BCUT2D eigenvalue weighted by Gasteiger charge is -2.22. The van der Waals surface area contributed by atoms with E-state index in [1.807, 2.05) is 6.07 Å². The van der Waals surface area contributed by atoms with Gasteiger partial charge in [-0.05, 0) is 30.9 Å². The highest BCUT2D eigenvalue weighted by molar-refractivity contribution is 5.83. The third-order valence-electron chi connectivity index (χ3n) is 3.46. The molecule has 1 aliphatic rings. The van der Waals surface area contributed by atoms with E-state index in [4.69, 9.17) is 0 Å². The van der Waals surface area contributed by atoms with E-state index in [9.17, 15) is 4.79 Å². The number of hydrogen-bond donors (Lipinski definition) is 2. The minimum Gasteiger partial charge on any atom is -0.361 e. The van der Waals surface area contributed by atoms with Crippen molar-refractivity contribution in [3.05, 3.63) is 36.0 Å². The zero-order valence-electron chi connectivity index (χ0n) is 9.70. The monoisotopic (exact) mass is 228 g/mol. The molecule has 3 nitrogen and oxygen atoms in total. The van der Waals surface area contributed by atoms with Gasteiger partial charge in [0.15, 0.2) is 0 Å². The molecule has 0 radical (unpaired) electrons. The van der Waals surface area contributed by atoms with Crippen molar-refractivity contribution in [2.45, 2.75) is 31.7 Å². The highest BCUT2D eigenvalue weighted by Gasteiger charge is 2.19. The fraction of sp³-hybridized carbons (Fsp3) is 0.357. The van der Waals surface area contributed by atoms with Gasteiger partial charge in [0.1, 0.15) is 0 Å². The molecular formula is C14H16N2O. The normalized spacial score (nSPS) is 20.5. The molecule has 0 bridgehead atoms. The second-order valence-corrected chi connectivity index (χ2v) is 4.72. The van der Waals surface area contributed by atoms with Crippen LogP contribution < -0.4 is 5.32 Å². The van der Waals surface area contributed by atoms with Gasteiger partial charge in [-0.2, -0.15) is 0 Å². The van der Waals surface area contributed by atoms with Gasteiger partial charge < -0.3 is 10.3 Å². The van der Waals surface area contributed by atoms with Crippen molar-refractivity contribution in [3.63, 3.8) is 0 Å². The molecule has 3 rings (SSSR count). The maximum absolute atomic E-state index is 11.3. The third kappa shape index (κ3) is 2.05. The number of aromatic amines is 1. The highest BCUT2D eigenvalue weighted by atomic mass is 16.1. The Morgan fingerprint density at radius 2 is 2.18 bits per heavy atom. The fourth-order valence-corrected chi connectivity index (χ4v) is 2.60. The van der Waals surface area contributed by atoms with Crippen LogP contribution in [0.5, 0.6) is 0 Å². The van der Waals surface area contributed by atoms with Gasteiger partial charge in [0.25, 0.3) is 0 Å². The van der Waals surface area contributed by atoms with E-state index < -0.39 is 0 Å². The number of benzene rings is 1. The maximum Gasteiger partial charge on any atom is 0.220 e. The Morgan fingerprint density at radius 1 is 1.29 bits per heavy atom. The first-order valence-corrected chi connectivity index (χ1v) is 6.17. The number of piperidine rings is 1. The molecule has 1 unspecified atom stereocenters. The van der Waals surface area contributed by atoms with Crippen molar-refractivity contribution in [2.75, 3.05) is 0 Å². The number of nitrogens with one attached hydrogen (secondary N) is 2.